The molecule has 2 N–H and O–H groups in total. The van der Waals surface area contributed by atoms with Crippen molar-refractivity contribution in [1.29, 1.82) is 0 Å². The molecule has 0 atom stereocenters. The summed E-state index contributed by atoms with van der Waals surface area (Å²) in [6, 6.07) is 9.16. The molecule has 0 unspecified atom stereocenters. The van der Waals surface area contributed by atoms with Crippen molar-refractivity contribution in [3.63, 3.8) is 0 Å². The maximum absolute atomic E-state index is 12.8. The van der Waals surface area contributed by atoms with Crippen molar-refractivity contribution in [2.75, 3.05) is 0 Å². The van der Waals surface area contributed by atoms with Crippen LogP contribution in [0.4, 0.5) is 13.2 Å². The Balaban J connectivity index is 2.13. The van der Waals surface area contributed by atoms with Crippen LogP contribution >= 0.6 is 0 Å². The van der Waals surface area contributed by atoms with Gasteiger partial charge in [0, 0.05) is 5.39 Å². The maximum Gasteiger partial charge on any atom is 0.707 e. The summed E-state index contributed by atoms with van der Waals surface area (Å²) in [6.07, 6.45) is -3.56. The number of benzene rings is 2. The van der Waals surface area contributed by atoms with Crippen molar-refractivity contribution < 1.29 is 36.3 Å². The molecule has 3 rings (SSSR count). The fourth-order valence-electron chi connectivity index (χ4n) is 2.46. The summed E-state index contributed by atoms with van der Waals surface area (Å²) in [5, 5.41) is 18.2. The van der Waals surface area contributed by atoms with Crippen LogP contribution in [-0.4, -0.2) is 29.8 Å². The molecular formula is C15H11BF3NO5S. The summed E-state index contributed by atoms with van der Waals surface area (Å²) in [6.45, 7) is 0. The third-order valence-corrected chi connectivity index (χ3v) is 5.30. The smallest absolute Gasteiger partial charge is 0.510 e. The van der Waals surface area contributed by atoms with Gasteiger partial charge in [-0.2, -0.15) is 13.2 Å². The monoisotopic (exact) mass is 385 g/mol. The first-order chi connectivity index (χ1) is 12.1. The van der Waals surface area contributed by atoms with E-state index in [0.717, 1.165) is 22.3 Å². The highest BCUT2D eigenvalue weighted by Crippen LogP contribution is 2.33. The quantitative estimate of drug-likeness (QED) is 0.673. The number of rotatable bonds is 4. The lowest BCUT2D eigenvalue weighted by atomic mass is 10.2. The number of alkyl halides is 3. The molecule has 0 fully saturated rings. The Morgan fingerprint density at radius 1 is 1.00 bits per heavy atom. The molecule has 0 spiro atoms. The Morgan fingerprint density at radius 3 is 2.19 bits per heavy atom. The topological polar surface area (TPSA) is 88.8 Å². The van der Waals surface area contributed by atoms with Crippen LogP contribution in [0.3, 0.4) is 0 Å². The number of aromatic nitrogens is 1. The molecule has 1 heterocycles. The second kappa shape index (κ2) is 6.34. The van der Waals surface area contributed by atoms with Gasteiger partial charge in [0.15, 0.2) is 0 Å². The van der Waals surface area contributed by atoms with Crippen molar-refractivity contribution >= 4 is 28.2 Å². The maximum atomic E-state index is 12.8. The fraction of sp³-hybridized carbons (Fsp3) is 0.0667. The predicted molar refractivity (Wildman–Crippen MR) is 86.8 cm³/mol. The van der Waals surface area contributed by atoms with E-state index in [2.05, 4.69) is 0 Å². The van der Waals surface area contributed by atoms with E-state index >= 15 is 0 Å². The molecule has 11 heteroatoms. The van der Waals surface area contributed by atoms with Crippen LogP contribution in [0.15, 0.2) is 59.6 Å². The van der Waals surface area contributed by atoms with Crippen LogP contribution in [0.5, 0.6) is 5.75 Å². The minimum absolute atomic E-state index is 0.105. The lowest BCUT2D eigenvalue weighted by Gasteiger charge is -2.10. The van der Waals surface area contributed by atoms with Crippen molar-refractivity contribution in [2.24, 2.45) is 0 Å². The van der Waals surface area contributed by atoms with Gasteiger partial charge in [0.1, 0.15) is 5.75 Å². The van der Waals surface area contributed by atoms with E-state index in [-0.39, 0.29) is 21.5 Å². The van der Waals surface area contributed by atoms with E-state index in [1.165, 1.54) is 12.1 Å². The van der Waals surface area contributed by atoms with E-state index in [1.807, 2.05) is 0 Å². The molecule has 3 aromatic rings. The lowest BCUT2D eigenvalue weighted by Crippen LogP contribution is -2.20. The van der Waals surface area contributed by atoms with Crippen molar-refractivity contribution in [3.8, 4) is 5.75 Å². The summed E-state index contributed by atoms with van der Waals surface area (Å²) in [7, 11) is -6.40. The second-order valence-electron chi connectivity index (χ2n) is 5.28. The van der Waals surface area contributed by atoms with Crippen LogP contribution in [-0.2, 0) is 16.2 Å². The van der Waals surface area contributed by atoms with Gasteiger partial charge in [-0.1, -0.05) is 12.1 Å². The summed E-state index contributed by atoms with van der Waals surface area (Å²) >= 11 is 0. The second-order valence-corrected chi connectivity index (χ2v) is 7.09. The molecule has 0 aliphatic rings. The minimum atomic E-state index is -4.58. The Kier molecular flexibility index (Phi) is 4.47. The molecule has 0 radical (unpaired) electrons. The van der Waals surface area contributed by atoms with Gasteiger partial charge in [-0.05, 0) is 36.4 Å². The molecule has 2 aromatic carbocycles. The first-order valence-corrected chi connectivity index (χ1v) is 8.60. The van der Waals surface area contributed by atoms with Gasteiger partial charge in [0.05, 0.1) is 22.2 Å². The van der Waals surface area contributed by atoms with E-state index in [1.54, 1.807) is 12.1 Å². The Labute approximate surface area is 146 Å². The van der Waals surface area contributed by atoms with Gasteiger partial charge in [-0.15, -0.1) is 0 Å². The zero-order valence-corrected chi connectivity index (χ0v) is 13.7. The Morgan fingerprint density at radius 2 is 1.62 bits per heavy atom. The third-order valence-electron chi connectivity index (χ3n) is 3.61. The van der Waals surface area contributed by atoms with E-state index in [4.69, 9.17) is 14.7 Å². The van der Waals surface area contributed by atoms with Crippen LogP contribution in [0.2, 0.25) is 0 Å². The number of para-hydroxylation sites is 1. The van der Waals surface area contributed by atoms with Crippen LogP contribution in [0, 0.1) is 0 Å². The normalized spacial score (nSPS) is 12.3. The summed E-state index contributed by atoms with van der Waals surface area (Å²) in [4.78, 5) is -0.359. The van der Waals surface area contributed by atoms with Gasteiger partial charge >= 0.3 is 13.5 Å². The first-order valence-electron chi connectivity index (χ1n) is 7.16. The standard InChI is InChI=1S/C15H11BF3NO5S/c17-15(18,19)10-5-7-11(8-6-10)26(23,24)20-9-14(25-16(21)22)12-3-1-2-4-13(12)20/h1-9,21-22H. The van der Waals surface area contributed by atoms with Crippen molar-refractivity contribution in [1.82, 2.24) is 3.97 Å². The van der Waals surface area contributed by atoms with Gasteiger partial charge in [0.2, 0.25) is 0 Å². The van der Waals surface area contributed by atoms with Gasteiger partial charge in [-0.25, -0.2) is 12.4 Å². The molecule has 0 saturated heterocycles. The van der Waals surface area contributed by atoms with Gasteiger partial charge in [0.25, 0.3) is 10.0 Å². The van der Waals surface area contributed by atoms with Crippen LogP contribution in [0.1, 0.15) is 5.56 Å². The lowest BCUT2D eigenvalue weighted by molar-refractivity contribution is -0.137. The van der Waals surface area contributed by atoms with E-state index in [9.17, 15) is 21.6 Å². The third kappa shape index (κ3) is 3.28. The molecule has 6 nitrogen and oxygen atoms in total. The molecule has 0 bridgehead atoms. The van der Waals surface area contributed by atoms with Crippen molar-refractivity contribution in [2.45, 2.75) is 11.1 Å². The van der Waals surface area contributed by atoms with Gasteiger partial charge in [-0.3, -0.25) is 0 Å². The summed E-state index contributed by atoms with van der Waals surface area (Å²) in [5.41, 5.74) is -0.802. The molecular weight excluding hydrogens is 374 g/mol. The summed E-state index contributed by atoms with van der Waals surface area (Å²) in [5.74, 6) is -0.105. The molecule has 0 saturated carbocycles. The zero-order valence-electron chi connectivity index (χ0n) is 12.9. The molecule has 26 heavy (non-hydrogen) atoms. The van der Waals surface area contributed by atoms with Crippen molar-refractivity contribution in [3.05, 3.63) is 60.3 Å². The Hall–Kier alpha value is -2.50. The van der Waals surface area contributed by atoms with Crippen LogP contribution in [0.25, 0.3) is 10.9 Å². The Bertz CT molecular complexity index is 1050. The van der Waals surface area contributed by atoms with E-state index < -0.39 is 29.1 Å². The zero-order chi connectivity index (χ0) is 19.1. The highest BCUT2D eigenvalue weighted by Gasteiger charge is 2.31. The molecule has 0 aliphatic carbocycles. The number of fused-ring (bicyclic) bond motifs is 1. The highest BCUT2D eigenvalue weighted by molar-refractivity contribution is 7.90. The molecule has 0 amide bonds. The van der Waals surface area contributed by atoms with Crippen LogP contribution < -0.4 is 4.65 Å². The fourth-order valence-corrected chi connectivity index (χ4v) is 3.82. The van der Waals surface area contributed by atoms with E-state index in [0.29, 0.717) is 12.1 Å². The number of hydrogen-bond acceptors (Lipinski definition) is 5. The molecule has 136 valence electrons. The van der Waals surface area contributed by atoms with Gasteiger partial charge < -0.3 is 14.7 Å². The minimum Gasteiger partial charge on any atom is -0.510 e. The first kappa shape index (κ1) is 18.3. The average molecular weight is 385 g/mol. The number of halogens is 3. The SMILES string of the molecule is O=S(=O)(c1ccc(C(F)(F)F)cc1)n1cc(OB(O)O)c2ccccc21. The predicted octanol–water partition coefficient (Wildman–Crippen LogP) is 2.25. The average Bonchev–Trinajstić information content (AvgIpc) is 2.93. The largest absolute Gasteiger partial charge is 0.707 e. The number of nitrogens with zero attached hydrogens (tertiary/aromatic N) is 1. The molecule has 1 aromatic heterocycles. The summed E-state index contributed by atoms with van der Waals surface area (Å²) < 4.78 is 69.2. The molecule has 0 aliphatic heterocycles. The number of hydrogen-bond donors (Lipinski definition) is 2. The highest BCUT2D eigenvalue weighted by atomic mass is 32.2.